The quantitative estimate of drug-likeness (QED) is 0.854. The normalized spacial score (nSPS) is 15.6. The highest BCUT2D eigenvalue weighted by Gasteiger charge is 2.29. The number of aryl methyl sites for hydroxylation is 3. The molecule has 1 aliphatic rings. The van der Waals surface area contributed by atoms with Crippen LogP contribution < -0.4 is 14.4 Å². The molecule has 0 unspecified atom stereocenters. The van der Waals surface area contributed by atoms with E-state index < -0.39 is 10.0 Å². The molecule has 6 nitrogen and oxygen atoms in total. The predicted molar refractivity (Wildman–Crippen MR) is 107 cm³/mol. The van der Waals surface area contributed by atoms with Gasteiger partial charge in [0.15, 0.2) is 6.61 Å². The summed E-state index contributed by atoms with van der Waals surface area (Å²) in [5.74, 6) is 0.501. The van der Waals surface area contributed by atoms with E-state index in [9.17, 15) is 13.2 Å². The van der Waals surface area contributed by atoms with Crippen LogP contribution in [0, 0.1) is 20.8 Å². The van der Waals surface area contributed by atoms with Crippen LogP contribution in [0.1, 0.15) is 23.1 Å². The monoisotopic (exact) mass is 388 g/mol. The van der Waals surface area contributed by atoms with Crippen LogP contribution in [-0.4, -0.2) is 33.2 Å². The number of amides is 1. The molecule has 2 aromatic rings. The summed E-state index contributed by atoms with van der Waals surface area (Å²) in [6, 6.07) is 10.9. The number of sulfonamides is 1. The third-order valence-electron chi connectivity index (χ3n) is 4.71. The Morgan fingerprint density at radius 2 is 1.81 bits per heavy atom. The number of ether oxygens (including phenoxy) is 1. The number of hydrogen-bond donors (Lipinski definition) is 1. The van der Waals surface area contributed by atoms with Gasteiger partial charge in [0.1, 0.15) is 5.75 Å². The van der Waals surface area contributed by atoms with E-state index in [1.165, 1.54) is 4.31 Å². The zero-order valence-electron chi connectivity index (χ0n) is 15.8. The summed E-state index contributed by atoms with van der Waals surface area (Å²) in [5, 5.41) is 2.77. The SMILES string of the molecule is Cc1ccc(OCC(=O)Nc2ccc(C)c(N3CCCS3(=O)=O)c2)cc1C. The average Bonchev–Trinajstić information content (AvgIpc) is 2.97. The summed E-state index contributed by atoms with van der Waals surface area (Å²) in [6.07, 6.45) is 0.613. The number of hydrogen-bond acceptors (Lipinski definition) is 4. The number of anilines is 2. The van der Waals surface area contributed by atoms with Gasteiger partial charge in [-0.3, -0.25) is 9.10 Å². The highest BCUT2D eigenvalue weighted by atomic mass is 32.2. The largest absolute Gasteiger partial charge is 0.484 e. The van der Waals surface area contributed by atoms with Crippen LogP contribution in [-0.2, 0) is 14.8 Å². The van der Waals surface area contributed by atoms with Crippen molar-refractivity contribution in [3.05, 3.63) is 53.1 Å². The first-order chi connectivity index (χ1) is 12.8. The molecule has 0 spiro atoms. The summed E-state index contributed by atoms with van der Waals surface area (Å²) in [5.41, 5.74) is 4.27. The molecule has 7 heteroatoms. The molecule has 3 rings (SSSR count). The van der Waals surface area contributed by atoms with Crippen molar-refractivity contribution in [1.82, 2.24) is 0 Å². The van der Waals surface area contributed by atoms with Gasteiger partial charge in [0, 0.05) is 12.2 Å². The lowest BCUT2D eigenvalue weighted by Gasteiger charge is -2.20. The molecule has 2 aromatic carbocycles. The number of carbonyl (C=O) groups excluding carboxylic acids is 1. The van der Waals surface area contributed by atoms with E-state index in [4.69, 9.17) is 4.74 Å². The van der Waals surface area contributed by atoms with E-state index in [0.29, 0.717) is 30.1 Å². The maximum absolute atomic E-state index is 12.2. The van der Waals surface area contributed by atoms with Crippen LogP contribution in [0.3, 0.4) is 0 Å². The van der Waals surface area contributed by atoms with Crippen molar-refractivity contribution < 1.29 is 17.9 Å². The lowest BCUT2D eigenvalue weighted by atomic mass is 10.1. The highest BCUT2D eigenvalue weighted by Crippen LogP contribution is 2.30. The molecule has 0 atom stereocenters. The van der Waals surface area contributed by atoms with Gasteiger partial charge in [-0.1, -0.05) is 12.1 Å². The first kappa shape index (κ1) is 19.2. The predicted octanol–water partition coefficient (Wildman–Crippen LogP) is 3.17. The molecule has 0 radical (unpaired) electrons. The Bertz CT molecular complexity index is 970. The van der Waals surface area contributed by atoms with Gasteiger partial charge in [0.05, 0.1) is 11.4 Å². The minimum Gasteiger partial charge on any atom is -0.484 e. The Kier molecular flexibility index (Phi) is 5.41. The van der Waals surface area contributed by atoms with Gasteiger partial charge < -0.3 is 10.1 Å². The molecule has 1 N–H and O–H groups in total. The molecule has 0 aromatic heterocycles. The van der Waals surface area contributed by atoms with E-state index in [0.717, 1.165) is 16.7 Å². The van der Waals surface area contributed by atoms with Crippen LogP contribution >= 0.6 is 0 Å². The summed E-state index contributed by atoms with van der Waals surface area (Å²) >= 11 is 0. The number of rotatable bonds is 5. The standard InChI is InChI=1S/C20H24N2O4S/c1-14-6-8-18(11-16(14)3)26-13-20(23)21-17-7-5-15(2)19(12-17)22-9-4-10-27(22,24)25/h5-8,11-12H,4,9-10,13H2,1-3H3,(H,21,23). The summed E-state index contributed by atoms with van der Waals surface area (Å²) in [6.45, 7) is 6.21. The fourth-order valence-electron chi connectivity index (χ4n) is 3.02. The van der Waals surface area contributed by atoms with Crippen LogP contribution in [0.4, 0.5) is 11.4 Å². The van der Waals surface area contributed by atoms with Crippen LogP contribution in [0.5, 0.6) is 5.75 Å². The second-order valence-corrected chi connectivity index (χ2v) is 8.84. The molecular weight excluding hydrogens is 364 g/mol. The Balaban J connectivity index is 1.67. The summed E-state index contributed by atoms with van der Waals surface area (Å²) < 4.78 is 31.3. The maximum atomic E-state index is 12.2. The molecule has 1 saturated heterocycles. The molecule has 27 heavy (non-hydrogen) atoms. The van der Waals surface area contributed by atoms with Crippen LogP contribution in [0.25, 0.3) is 0 Å². The summed E-state index contributed by atoms with van der Waals surface area (Å²) in [7, 11) is -3.27. The molecule has 1 fully saturated rings. The molecular formula is C20H24N2O4S. The second kappa shape index (κ2) is 7.60. The average molecular weight is 388 g/mol. The van der Waals surface area contributed by atoms with Crippen LogP contribution in [0.2, 0.25) is 0 Å². The van der Waals surface area contributed by atoms with Gasteiger partial charge in [0.25, 0.3) is 5.91 Å². The zero-order chi connectivity index (χ0) is 19.6. The Labute approximate surface area is 160 Å². The van der Waals surface area contributed by atoms with Crippen molar-refractivity contribution in [2.75, 3.05) is 28.5 Å². The van der Waals surface area contributed by atoms with Gasteiger partial charge in [-0.25, -0.2) is 8.42 Å². The molecule has 0 aliphatic carbocycles. The lowest BCUT2D eigenvalue weighted by Crippen LogP contribution is -2.26. The highest BCUT2D eigenvalue weighted by molar-refractivity contribution is 7.93. The first-order valence-electron chi connectivity index (χ1n) is 8.87. The van der Waals surface area contributed by atoms with E-state index in [-0.39, 0.29) is 18.3 Å². The van der Waals surface area contributed by atoms with Crippen molar-refractivity contribution in [2.45, 2.75) is 27.2 Å². The topological polar surface area (TPSA) is 75.7 Å². The van der Waals surface area contributed by atoms with Gasteiger partial charge >= 0.3 is 0 Å². The third-order valence-corrected chi connectivity index (χ3v) is 6.56. The lowest BCUT2D eigenvalue weighted by molar-refractivity contribution is -0.118. The van der Waals surface area contributed by atoms with Crippen molar-refractivity contribution in [2.24, 2.45) is 0 Å². The fraction of sp³-hybridized carbons (Fsp3) is 0.350. The third kappa shape index (κ3) is 4.42. The summed E-state index contributed by atoms with van der Waals surface area (Å²) in [4.78, 5) is 12.2. The number of carbonyl (C=O) groups is 1. The van der Waals surface area contributed by atoms with E-state index in [1.807, 2.05) is 45.0 Å². The van der Waals surface area contributed by atoms with E-state index in [1.54, 1.807) is 12.1 Å². The zero-order valence-corrected chi connectivity index (χ0v) is 16.6. The molecule has 0 bridgehead atoms. The van der Waals surface area contributed by atoms with Gasteiger partial charge in [-0.15, -0.1) is 0 Å². The van der Waals surface area contributed by atoms with Crippen LogP contribution in [0.15, 0.2) is 36.4 Å². The number of benzene rings is 2. The van der Waals surface area contributed by atoms with Gasteiger partial charge in [-0.2, -0.15) is 0 Å². The Hall–Kier alpha value is -2.54. The maximum Gasteiger partial charge on any atom is 0.262 e. The number of nitrogens with one attached hydrogen (secondary N) is 1. The minimum absolute atomic E-state index is 0.117. The number of nitrogens with zero attached hydrogens (tertiary/aromatic N) is 1. The van der Waals surface area contributed by atoms with Gasteiger partial charge in [0.2, 0.25) is 10.0 Å². The fourth-order valence-corrected chi connectivity index (χ4v) is 4.63. The van der Waals surface area contributed by atoms with Crippen molar-refractivity contribution >= 4 is 27.3 Å². The molecule has 0 saturated carbocycles. The Morgan fingerprint density at radius 3 is 2.48 bits per heavy atom. The second-order valence-electron chi connectivity index (χ2n) is 6.83. The molecule has 144 valence electrons. The van der Waals surface area contributed by atoms with Crippen molar-refractivity contribution in [3.63, 3.8) is 0 Å². The molecule has 1 amide bonds. The van der Waals surface area contributed by atoms with E-state index >= 15 is 0 Å². The minimum atomic E-state index is -3.27. The van der Waals surface area contributed by atoms with Gasteiger partial charge in [-0.05, 0) is 68.1 Å². The molecule has 1 heterocycles. The first-order valence-corrected chi connectivity index (χ1v) is 10.5. The van der Waals surface area contributed by atoms with Crippen molar-refractivity contribution in [3.8, 4) is 5.75 Å². The van der Waals surface area contributed by atoms with E-state index in [2.05, 4.69) is 5.32 Å². The van der Waals surface area contributed by atoms with Crippen molar-refractivity contribution in [1.29, 1.82) is 0 Å². The molecule has 1 aliphatic heterocycles. The smallest absolute Gasteiger partial charge is 0.262 e. The Morgan fingerprint density at radius 1 is 1.07 bits per heavy atom.